The number of hydrogen-bond acceptors (Lipinski definition) is 4. The zero-order valence-electron chi connectivity index (χ0n) is 15.6. The first-order valence-corrected chi connectivity index (χ1v) is 9.32. The van der Waals surface area contributed by atoms with Gasteiger partial charge in [-0.2, -0.15) is 13.2 Å². The summed E-state index contributed by atoms with van der Waals surface area (Å²) in [5, 5.41) is 1.21. The zero-order chi connectivity index (χ0) is 19.7. The summed E-state index contributed by atoms with van der Waals surface area (Å²) in [5.74, 6) is 0.119. The molecular weight excluding hydrogens is 367 g/mol. The first-order valence-electron chi connectivity index (χ1n) is 9.32. The van der Waals surface area contributed by atoms with Crippen molar-refractivity contribution in [3.05, 3.63) is 54.0 Å². The number of H-pyrrole nitrogens is 1. The number of piperidine rings is 1. The molecule has 0 aliphatic carbocycles. The van der Waals surface area contributed by atoms with E-state index in [9.17, 15) is 13.2 Å². The number of anilines is 1. The Morgan fingerprint density at radius 3 is 2.89 bits per heavy atom. The highest BCUT2D eigenvalue weighted by molar-refractivity contribution is 5.82. The van der Waals surface area contributed by atoms with E-state index >= 15 is 0 Å². The van der Waals surface area contributed by atoms with Gasteiger partial charge in [-0.25, -0.2) is 9.97 Å². The predicted molar refractivity (Wildman–Crippen MR) is 102 cm³/mol. The van der Waals surface area contributed by atoms with Crippen molar-refractivity contribution in [2.45, 2.75) is 31.6 Å². The maximum atomic E-state index is 13.0. The number of hydrogen-bond donors (Lipinski definition) is 1. The minimum Gasteiger partial charge on any atom is -0.361 e. The molecule has 0 radical (unpaired) electrons. The molecule has 4 rings (SSSR count). The van der Waals surface area contributed by atoms with E-state index in [4.69, 9.17) is 0 Å². The average molecular weight is 389 g/mol. The van der Waals surface area contributed by atoms with Gasteiger partial charge in [-0.3, -0.25) is 4.90 Å². The lowest BCUT2D eigenvalue weighted by atomic mass is 10.0. The lowest BCUT2D eigenvalue weighted by Gasteiger charge is -2.37. The Labute approximate surface area is 161 Å². The van der Waals surface area contributed by atoms with E-state index in [1.165, 1.54) is 17.1 Å². The van der Waals surface area contributed by atoms with Gasteiger partial charge in [0.25, 0.3) is 0 Å². The Kier molecular flexibility index (Phi) is 4.97. The van der Waals surface area contributed by atoms with E-state index in [0.29, 0.717) is 0 Å². The van der Waals surface area contributed by atoms with Crippen LogP contribution in [0, 0.1) is 0 Å². The third-order valence-corrected chi connectivity index (χ3v) is 5.35. The van der Waals surface area contributed by atoms with Gasteiger partial charge < -0.3 is 9.88 Å². The normalized spacial score (nSPS) is 18.5. The van der Waals surface area contributed by atoms with Crippen LogP contribution in [0.5, 0.6) is 0 Å². The molecule has 1 saturated heterocycles. The van der Waals surface area contributed by atoms with Crippen LogP contribution in [-0.2, 0) is 12.7 Å². The lowest BCUT2D eigenvalue weighted by molar-refractivity contribution is -0.141. The van der Waals surface area contributed by atoms with Gasteiger partial charge in [-0.1, -0.05) is 18.2 Å². The number of rotatable bonds is 4. The largest absolute Gasteiger partial charge is 0.433 e. The van der Waals surface area contributed by atoms with E-state index in [0.717, 1.165) is 44.1 Å². The molecular formula is C20H22F3N5. The van der Waals surface area contributed by atoms with Crippen molar-refractivity contribution in [2.75, 3.05) is 25.0 Å². The number of alkyl halides is 3. The number of benzene rings is 1. The number of fused-ring (bicyclic) bond motifs is 1. The Bertz CT molecular complexity index is 952. The molecule has 28 heavy (non-hydrogen) atoms. The van der Waals surface area contributed by atoms with Crippen LogP contribution in [-0.4, -0.2) is 46.0 Å². The second kappa shape index (κ2) is 7.43. The summed E-state index contributed by atoms with van der Waals surface area (Å²) in [4.78, 5) is 15.2. The fourth-order valence-electron chi connectivity index (χ4n) is 3.83. The molecule has 1 atom stereocenters. The van der Waals surface area contributed by atoms with E-state index in [1.54, 1.807) is 11.9 Å². The summed E-state index contributed by atoms with van der Waals surface area (Å²) in [6.45, 7) is 2.53. The highest BCUT2D eigenvalue weighted by atomic mass is 19.4. The molecule has 5 nitrogen and oxygen atoms in total. The molecule has 1 aromatic carbocycles. The standard InChI is InChI=1S/C20H22F3N5/c1-27(19-24-9-8-18(26-19)20(21,22)23)15-5-4-10-28(13-15)12-14-11-25-17-7-3-2-6-16(14)17/h2-3,6-9,11,15,25H,4-5,10,12-13H2,1H3. The summed E-state index contributed by atoms with van der Waals surface area (Å²) in [5.41, 5.74) is 1.44. The molecule has 0 amide bonds. The Hall–Kier alpha value is -2.61. The summed E-state index contributed by atoms with van der Waals surface area (Å²) in [6, 6.07) is 9.16. The van der Waals surface area contributed by atoms with Crippen LogP contribution in [0.4, 0.5) is 19.1 Å². The van der Waals surface area contributed by atoms with Crippen molar-refractivity contribution in [3.8, 4) is 0 Å². The molecule has 1 aliphatic rings. The summed E-state index contributed by atoms with van der Waals surface area (Å²) in [6.07, 6.45) is 0.630. The van der Waals surface area contributed by atoms with Crippen LogP contribution in [0.3, 0.4) is 0 Å². The quantitative estimate of drug-likeness (QED) is 0.731. The molecule has 1 fully saturated rings. The summed E-state index contributed by atoms with van der Waals surface area (Å²) >= 11 is 0. The van der Waals surface area contributed by atoms with Crippen molar-refractivity contribution in [1.82, 2.24) is 19.9 Å². The second-order valence-corrected chi connectivity index (χ2v) is 7.24. The zero-order valence-corrected chi connectivity index (χ0v) is 15.6. The molecule has 1 N–H and O–H groups in total. The average Bonchev–Trinajstić information content (AvgIpc) is 3.10. The van der Waals surface area contributed by atoms with Crippen LogP contribution < -0.4 is 4.90 Å². The fourth-order valence-corrected chi connectivity index (χ4v) is 3.83. The number of nitrogens with one attached hydrogen (secondary N) is 1. The maximum absolute atomic E-state index is 13.0. The van der Waals surface area contributed by atoms with E-state index in [2.05, 4.69) is 32.0 Å². The third kappa shape index (κ3) is 3.82. The molecule has 0 spiro atoms. The van der Waals surface area contributed by atoms with Crippen molar-refractivity contribution in [3.63, 3.8) is 0 Å². The second-order valence-electron chi connectivity index (χ2n) is 7.24. The van der Waals surface area contributed by atoms with Gasteiger partial charge >= 0.3 is 6.18 Å². The monoisotopic (exact) mass is 389 g/mol. The number of para-hydroxylation sites is 1. The molecule has 0 bridgehead atoms. The van der Waals surface area contributed by atoms with E-state index in [-0.39, 0.29) is 12.0 Å². The van der Waals surface area contributed by atoms with Gasteiger partial charge in [0.2, 0.25) is 5.95 Å². The van der Waals surface area contributed by atoms with Crippen LogP contribution in [0.1, 0.15) is 24.1 Å². The number of aromatic nitrogens is 3. The van der Waals surface area contributed by atoms with Crippen LogP contribution >= 0.6 is 0 Å². The maximum Gasteiger partial charge on any atom is 0.433 e. The first-order chi connectivity index (χ1) is 13.4. The molecule has 2 aromatic heterocycles. The molecule has 3 aromatic rings. The Morgan fingerprint density at radius 2 is 2.07 bits per heavy atom. The van der Waals surface area contributed by atoms with Gasteiger partial charge in [-0.15, -0.1) is 0 Å². The van der Waals surface area contributed by atoms with Gasteiger partial charge in [0, 0.05) is 49.5 Å². The van der Waals surface area contributed by atoms with E-state index in [1.807, 2.05) is 18.3 Å². The van der Waals surface area contributed by atoms with Crippen molar-refractivity contribution < 1.29 is 13.2 Å². The van der Waals surface area contributed by atoms with E-state index < -0.39 is 11.9 Å². The van der Waals surface area contributed by atoms with Crippen LogP contribution in [0.2, 0.25) is 0 Å². The molecule has 0 saturated carbocycles. The van der Waals surface area contributed by atoms with Crippen molar-refractivity contribution in [1.29, 1.82) is 0 Å². The number of aromatic amines is 1. The van der Waals surface area contributed by atoms with Crippen LogP contribution in [0.25, 0.3) is 10.9 Å². The summed E-state index contributed by atoms with van der Waals surface area (Å²) < 4.78 is 38.9. The summed E-state index contributed by atoms with van der Waals surface area (Å²) in [7, 11) is 1.77. The number of likely N-dealkylation sites (tertiary alicyclic amines) is 1. The predicted octanol–water partition coefficient (Wildman–Crippen LogP) is 4.08. The first kappa shape index (κ1) is 18.7. The Morgan fingerprint density at radius 1 is 1.25 bits per heavy atom. The lowest BCUT2D eigenvalue weighted by Crippen LogP contribution is -2.46. The third-order valence-electron chi connectivity index (χ3n) is 5.35. The Balaban J connectivity index is 1.48. The number of halogens is 3. The minimum atomic E-state index is -4.47. The minimum absolute atomic E-state index is 0.0717. The molecule has 148 valence electrons. The SMILES string of the molecule is CN(c1nccc(C(F)(F)F)n1)C1CCCN(Cc2c[nH]c3ccccc23)C1. The molecule has 1 aliphatic heterocycles. The highest BCUT2D eigenvalue weighted by Crippen LogP contribution is 2.29. The fraction of sp³-hybridized carbons (Fsp3) is 0.400. The van der Waals surface area contributed by atoms with Crippen molar-refractivity contribution in [2.24, 2.45) is 0 Å². The van der Waals surface area contributed by atoms with Gasteiger partial charge in [0.1, 0.15) is 5.69 Å². The van der Waals surface area contributed by atoms with Gasteiger partial charge in [0.15, 0.2) is 0 Å². The molecule has 1 unspecified atom stereocenters. The molecule has 3 heterocycles. The van der Waals surface area contributed by atoms with Gasteiger partial charge in [-0.05, 0) is 37.1 Å². The molecule has 8 heteroatoms. The number of nitrogens with zero attached hydrogens (tertiary/aromatic N) is 4. The highest BCUT2D eigenvalue weighted by Gasteiger charge is 2.34. The smallest absolute Gasteiger partial charge is 0.361 e. The van der Waals surface area contributed by atoms with Crippen LogP contribution in [0.15, 0.2) is 42.7 Å². The topological polar surface area (TPSA) is 48.1 Å². The van der Waals surface area contributed by atoms with Gasteiger partial charge in [0.05, 0.1) is 0 Å². The van der Waals surface area contributed by atoms with Crippen molar-refractivity contribution >= 4 is 16.9 Å². The number of likely N-dealkylation sites (N-methyl/N-ethyl adjacent to an activating group) is 1.